The molecular weight excluding hydrogens is 323 g/mol. The fourth-order valence-electron chi connectivity index (χ4n) is 2.10. The fraction of sp³-hybridized carbons (Fsp3) is 0.250. The van der Waals surface area contributed by atoms with Crippen LogP contribution < -0.4 is 4.74 Å². The number of halogens is 2. The number of hydrogen-bond acceptors (Lipinski definition) is 2. The zero-order valence-electron chi connectivity index (χ0n) is 11.4. The minimum absolute atomic E-state index is 0.308. The van der Waals surface area contributed by atoms with E-state index >= 15 is 0 Å². The van der Waals surface area contributed by atoms with Gasteiger partial charge >= 0.3 is 0 Å². The summed E-state index contributed by atoms with van der Waals surface area (Å²) in [5.74, 6) is 0.437. The molecule has 0 aliphatic heterocycles. The van der Waals surface area contributed by atoms with Crippen molar-refractivity contribution in [1.82, 2.24) is 0 Å². The van der Waals surface area contributed by atoms with E-state index in [4.69, 9.17) is 4.74 Å². The molecule has 0 aromatic heterocycles. The van der Waals surface area contributed by atoms with Gasteiger partial charge in [-0.25, -0.2) is 4.39 Å². The van der Waals surface area contributed by atoms with Gasteiger partial charge in [0, 0.05) is 6.42 Å². The van der Waals surface area contributed by atoms with Crippen LogP contribution in [0.4, 0.5) is 4.39 Å². The average Bonchev–Trinajstić information content (AvgIpc) is 2.43. The molecule has 2 aromatic carbocycles. The number of hydrogen-bond donors (Lipinski definition) is 1. The number of rotatable bonds is 4. The molecule has 0 saturated heterocycles. The first-order valence-electron chi connectivity index (χ1n) is 6.23. The van der Waals surface area contributed by atoms with Crippen molar-refractivity contribution < 1.29 is 14.2 Å². The third kappa shape index (κ3) is 3.38. The van der Waals surface area contributed by atoms with Crippen LogP contribution in [0.1, 0.15) is 18.1 Å². The zero-order chi connectivity index (χ0) is 14.8. The Labute approximate surface area is 126 Å². The average molecular weight is 339 g/mol. The second-order valence-corrected chi connectivity index (χ2v) is 5.78. The van der Waals surface area contributed by atoms with Crippen LogP contribution in [0.3, 0.4) is 0 Å². The SMILES string of the molecule is COc1ccc(C(C)(O)Cc2ccc(F)c(Br)c2)cc1. The van der Waals surface area contributed by atoms with Crippen LogP contribution in [-0.4, -0.2) is 12.2 Å². The second kappa shape index (κ2) is 5.94. The standard InChI is InChI=1S/C16H16BrFO2/c1-16(19,12-4-6-13(20-2)7-5-12)10-11-3-8-15(18)14(17)9-11/h3-9,19H,10H2,1-2H3. The monoisotopic (exact) mass is 338 g/mol. The van der Waals surface area contributed by atoms with Gasteiger partial charge in [-0.2, -0.15) is 0 Å². The lowest BCUT2D eigenvalue weighted by Crippen LogP contribution is -2.24. The maximum atomic E-state index is 13.2. The maximum absolute atomic E-state index is 13.2. The zero-order valence-corrected chi connectivity index (χ0v) is 12.9. The summed E-state index contributed by atoms with van der Waals surface area (Å²) in [6.45, 7) is 1.74. The second-order valence-electron chi connectivity index (χ2n) is 4.93. The van der Waals surface area contributed by atoms with E-state index in [1.807, 2.05) is 24.3 Å². The van der Waals surface area contributed by atoms with Crippen molar-refractivity contribution in [2.75, 3.05) is 7.11 Å². The molecular formula is C16H16BrFO2. The first kappa shape index (κ1) is 15.0. The van der Waals surface area contributed by atoms with Crippen molar-refractivity contribution in [3.8, 4) is 5.75 Å². The van der Waals surface area contributed by atoms with E-state index in [2.05, 4.69) is 15.9 Å². The molecule has 4 heteroatoms. The molecule has 1 N–H and O–H groups in total. The highest BCUT2D eigenvalue weighted by Crippen LogP contribution is 2.28. The maximum Gasteiger partial charge on any atom is 0.137 e. The molecule has 1 unspecified atom stereocenters. The summed E-state index contributed by atoms with van der Waals surface area (Å²) >= 11 is 3.16. The van der Waals surface area contributed by atoms with E-state index < -0.39 is 5.60 Å². The predicted molar refractivity (Wildman–Crippen MR) is 80.4 cm³/mol. The van der Waals surface area contributed by atoms with Crippen LogP contribution in [0.2, 0.25) is 0 Å². The van der Waals surface area contributed by atoms with Crippen LogP contribution in [0, 0.1) is 5.82 Å². The number of aliphatic hydroxyl groups is 1. The molecule has 20 heavy (non-hydrogen) atoms. The molecule has 0 fully saturated rings. The van der Waals surface area contributed by atoms with Gasteiger partial charge in [0.1, 0.15) is 11.6 Å². The quantitative estimate of drug-likeness (QED) is 0.911. The summed E-state index contributed by atoms with van der Waals surface area (Å²) in [7, 11) is 1.60. The van der Waals surface area contributed by atoms with E-state index in [0.717, 1.165) is 16.9 Å². The number of benzene rings is 2. The molecule has 2 nitrogen and oxygen atoms in total. The Hall–Kier alpha value is -1.39. The minimum Gasteiger partial charge on any atom is -0.497 e. The van der Waals surface area contributed by atoms with Gasteiger partial charge in [0.05, 0.1) is 17.2 Å². The molecule has 0 saturated carbocycles. The summed E-state index contributed by atoms with van der Waals surface area (Å²) in [5, 5.41) is 10.6. The van der Waals surface area contributed by atoms with Crippen LogP contribution in [-0.2, 0) is 12.0 Å². The summed E-state index contributed by atoms with van der Waals surface area (Å²) in [6, 6.07) is 12.0. The predicted octanol–water partition coefficient (Wildman–Crippen LogP) is 4.05. The van der Waals surface area contributed by atoms with Crippen molar-refractivity contribution in [3.05, 3.63) is 63.9 Å². The van der Waals surface area contributed by atoms with Crippen molar-refractivity contribution >= 4 is 15.9 Å². The van der Waals surface area contributed by atoms with Gasteiger partial charge in [-0.15, -0.1) is 0 Å². The normalized spacial score (nSPS) is 13.8. The fourth-order valence-corrected chi connectivity index (χ4v) is 2.53. The van der Waals surface area contributed by atoms with E-state index in [1.54, 1.807) is 26.2 Å². The van der Waals surface area contributed by atoms with Crippen LogP contribution in [0.5, 0.6) is 5.75 Å². The van der Waals surface area contributed by atoms with E-state index in [-0.39, 0.29) is 5.82 Å². The molecule has 0 aliphatic carbocycles. The molecule has 0 radical (unpaired) electrons. The van der Waals surface area contributed by atoms with E-state index in [9.17, 15) is 9.50 Å². The molecule has 0 amide bonds. The molecule has 0 bridgehead atoms. The van der Waals surface area contributed by atoms with Crippen LogP contribution >= 0.6 is 15.9 Å². The summed E-state index contributed by atoms with van der Waals surface area (Å²) < 4.78 is 18.7. The van der Waals surface area contributed by atoms with Gasteiger partial charge in [-0.3, -0.25) is 0 Å². The molecule has 0 heterocycles. The summed E-state index contributed by atoms with van der Waals surface area (Å²) in [4.78, 5) is 0. The van der Waals surface area contributed by atoms with Gasteiger partial charge in [-0.05, 0) is 58.2 Å². The summed E-state index contributed by atoms with van der Waals surface area (Å²) in [5.41, 5.74) is 0.627. The van der Waals surface area contributed by atoms with Crippen LogP contribution in [0.15, 0.2) is 46.9 Å². The van der Waals surface area contributed by atoms with Crippen molar-refractivity contribution in [2.24, 2.45) is 0 Å². The third-order valence-corrected chi connectivity index (χ3v) is 3.85. The van der Waals surface area contributed by atoms with Gasteiger partial charge in [0.15, 0.2) is 0 Å². The lowest BCUT2D eigenvalue weighted by Gasteiger charge is -2.24. The lowest BCUT2D eigenvalue weighted by atomic mass is 9.89. The molecule has 1 atom stereocenters. The van der Waals surface area contributed by atoms with Gasteiger partial charge in [0.2, 0.25) is 0 Å². The minimum atomic E-state index is -1.02. The highest BCUT2D eigenvalue weighted by atomic mass is 79.9. The summed E-state index contributed by atoms with van der Waals surface area (Å²) in [6.07, 6.45) is 0.401. The first-order chi connectivity index (χ1) is 9.42. The molecule has 0 aliphatic rings. The highest BCUT2D eigenvalue weighted by Gasteiger charge is 2.23. The van der Waals surface area contributed by atoms with Gasteiger partial charge in [-0.1, -0.05) is 18.2 Å². The first-order valence-corrected chi connectivity index (χ1v) is 7.02. The number of methoxy groups -OCH3 is 1. The number of ether oxygens (including phenoxy) is 1. The van der Waals surface area contributed by atoms with Crippen molar-refractivity contribution in [2.45, 2.75) is 18.9 Å². The Morgan fingerprint density at radius 2 is 1.85 bits per heavy atom. The van der Waals surface area contributed by atoms with E-state index in [0.29, 0.717) is 10.9 Å². The Balaban J connectivity index is 2.22. The molecule has 2 aromatic rings. The van der Waals surface area contributed by atoms with Crippen molar-refractivity contribution in [1.29, 1.82) is 0 Å². The molecule has 0 spiro atoms. The Bertz CT molecular complexity index is 594. The lowest BCUT2D eigenvalue weighted by molar-refractivity contribution is 0.0575. The third-order valence-electron chi connectivity index (χ3n) is 3.24. The Morgan fingerprint density at radius 1 is 1.20 bits per heavy atom. The molecule has 2 rings (SSSR count). The molecule has 106 valence electrons. The smallest absolute Gasteiger partial charge is 0.137 e. The Kier molecular flexibility index (Phi) is 4.45. The van der Waals surface area contributed by atoms with E-state index in [1.165, 1.54) is 6.07 Å². The topological polar surface area (TPSA) is 29.5 Å². The highest BCUT2D eigenvalue weighted by molar-refractivity contribution is 9.10. The Morgan fingerprint density at radius 3 is 2.40 bits per heavy atom. The largest absolute Gasteiger partial charge is 0.497 e. The van der Waals surface area contributed by atoms with Crippen molar-refractivity contribution in [3.63, 3.8) is 0 Å². The van der Waals surface area contributed by atoms with Gasteiger partial charge < -0.3 is 9.84 Å². The van der Waals surface area contributed by atoms with Crippen LogP contribution in [0.25, 0.3) is 0 Å². The van der Waals surface area contributed by atoms with Gasteiger partial charge in [0.25, 0.3) is 0 Å².